The van der Waals surface area contributed by atoms with Crippen LogP contribution in [0.3, 0.4) is 0 Å². The molecule has 2 aliphatic carbocycles. The Balaban J connectivity index is 2.29. The number of aliphatic hydroxyl groups excluding tert-OH is 2. The number of hydrogen-bond donors (Lipinski definition) is 2. The zero-order valence-corrected chi connectivity index (χ0v) is 10.9. The minimum absolute atomic E-state index is 0.0601. The van der Waals surface area contributed by atoms with Gasteiger partial charge in [-0.2, -0.15) is 0 Å². The van der Waals surface area contributed by atoms with Gasteiger partial charge in [0, 0.05) is 0 Å². The van der Waals surface area contributed by atoms with Gasteiger partial charge in [0.1, 0.15) is 0 Å². The number of hydrogen-bond acceptors (Lipinski definition) is 2. The summed E-state index contributed by atoms with van der Waals surface area (Å²) < 4.78 is 0. The first-order valence-electron chi connectivity index (χ1n) is 6.67. The number of fused-ring (bicyclic) bond motifs is 1. The molecule has 0 aromatic carbocycles. The minimum atomic E-state index is -0.335. The third-order valence-corrected chi connectivity index (χ3v) is 5.04. The van der Waals surface area contributed by atoms with Crippen molar-refractivity contribution < 1.29 is 10.2 Å². The molecule has 1 saturated carbocycles. The average Bonchev–Trinajstić information content (AvgIpc) is 2.29. The van der Waals surface area contributed by atoms with Crippen molar-refractivity contribution in [1.29, 1.82) is 0 Å². The molecule has 0 aliphatic heterocycles. The molecule has 0 saturated heterocycles. The molecule has 0 bridgehead atoms. The van der Waals surface area contributed by atoms with E-state index in [1.807, 2.05) is 12.2 Å². The molecule has 0 aromatic rings. The Hall–Kier alpha value is -0.600. The normalized spacial score (nSPS) is 46.0. The molecular formula is C15H24O2. The fourth-order valence-corrected chi connectivity index (χ4v) is 3.59. The lowest BCUT2D eigenvalue weighted by molar-refractivity contribution is -0.00925. The molecule has 0 aromatic heterocycles. The number of allylic oxidation sites excluding steroid dienone is 2. The van der Waals surface area contributed by atoms with Crippen LogP contribution >= 0.6 is 0 Å². The van der Waals surface area contributed by atoms with Crippen molar-refractivity contribution in [3.63, 3.8) is 0 Å². The molecule has 2 nitrogen and oxygen atoms in total. The largest absolute Gasteiger partial charge is 0.393 e. The summed E-state index contributed by atoms with van der Waals surface area (Å²) in [7, 11) is 0. The van der Waals surface area contributed by atoms with Gasteiger partial charge in [-0.15, -0.1) is 6.58 Å². The summed E-state index contributed by atoms with van der Waals surface area (Å²) in [6, 6.07) is 0. The van der Waals surface area contributed by atoms with Crippen molar-refractivity contribution in [3.8, 4) is 0 Å². The quantitative estimate of drug-likeness (QED) is 0.724. The molecule has 2 aliphatic rings. The molecule has 0 spiro atoms. The molecular weight excluding hydrogens is 212 g/mol. The van der Waals surface area contributed by atoms with Gasteiger partial charge < -0.3 is 10.2 Å². The van der Waals surface area contributed by atoms with Gasteiger partial charge in [0.15, 0.2) is 0 Å². The van der Waals surface area contributed by atoms with Gasteiger partial charge in [0.05, 0.1) is 12.2 Å². The highest BCUT2D eigenvalue weighted by Crippen LogP contribution is 2.52. The number of rotatable bonds is 2. The van der Waals surface area contributed by atoms with E-state index in [1.54, 1.807) is 0 Å². The third-order valence-electron chi connectivity index (χ3n) is 5.04. The molecule has 0 heterocycles. The zero-order chi connectivity index (χ0) is 12.6. The van der Waals surface area contributed by atoms with E-state index in [0.29, 0.717) is 0 Å². The minimum Gasteiger partial charge on any atom is -0.393 e. The fourth-order valence-electron chi connectivity index (χ4n) is 3.59. The summed E-state index contributed by atoms with van der Waals surface area (Å²) in [5.74, 6) is 0.538. The summed E-state index contributed by atoms with van der Waals surface area (Å²) in [4.78, 5) is 0. The third kappa shape index (κ3) is 2.09. The molecule has 0 unspecified atom stereocenters. The van der Waals surface area contributed by atoms with Gasteiger partial charge in [-0.25, -0.2) is 0 Å². The van der Waals surface area contributed by atoms with Crippen LogP contribution in [0.2, 0.25) is 0 Å². The Morgan fingerprint density at radius 2 is 2.24 bits per heavy atom. The van der Waals surface area contributed by atoms with Gasteiger partial charge in [-0.3, -0.25) is 0 Å². The van der Waals surface area contributed by atoms with Gasteiger partial charge in [-0.05, 0) is 42.9 Å². The second-order valence-corrected chi connectivity index (χ2v) is 5.98. The van der Waals surface area contributed by atoms with Gasteiger partial charge in [-0.1, -0.05) is 31.6 Å². The Labute approximate surface area is 104 Å². The van der Waals surface area contributed by atoms with E-state index in [-0.39, 0.29) is 29.5 Å². The SMILES string of the molecule is C=CC[C@@H]1C[C@@]2(C)C(=C[C@@H]1O)CC[C@@H](O)[C@@H]2C. The lowest BCUT2D eigenvalue weighted by Gasteiger charge is -2.50. The highest BCUT2D eigenvalue weighted by Gasteiger charge is 2.46. The maximum atomic E-state index is 10.1. The molecule has 2 rings (SSSR count). The van der Waals surface area contributed by atoms with E-state index in [0.717, 1.165) is 25.7 Å². The molecule has 0 amide bonds. The number of aliphatic hydroxyl groups is 2. The Bertz CT molecular complexity index is 334. The van der Waals surface area contributed by atoms with Crippen molar-refractivity contribution in [1.82, 2.24) is 0 Å². The van der Waals surface area contributed by atoms with E-state index < -0.39 is 0 Å². The lowest BCUT2D eigenvalue weighted by Crippen LogP contribution is -2.45. The first-order valence-corrected chi connectivity index (χ1v) is 6.67. The van der Waals surface area contributed by atoms with Crippen LogP contribution in [0.4, 0.5) is 0 Å². The average molecular weight is 236 g/mol. The topological polar surface area (TPSA) is 40.5 Å². The summed E-state index contributed by atoms with van der Waals surface area (Å²) in [6.45, 7) is 8.15. The summed E-state index contributed by atoms with van der Waals surface area (Å²) in [5.41, 5.74) is 1.41. The molecule has 17 heavy (non-hydrogen) atoms. The van der Waals surface area contributed by atoms with Crippen molar-refractivity contribution in [3.05, 3.63) is 24.3 Å². The molecule has 5 atom stereocenters. The zero-order valence-electron chi connectivity index (χ0n) is 10.9. The molecule has 1 fully saturated rings. The second kappa shape index (κ2) is 4.58. The smallest absolute Gasteiger partial charge is 0.0755 e. The van der Waals surface area contributed by atoms with Crippen molar-refractivity contribution >= 4 is 0 Å². The van der Waals surface area contributed by atoms with E-state index in [9.17, 15) is 10.2 Å². The predicted octanol–water partition coefficient (Wildman–Crippen LogP) is 2.67. The van der Waals surface area contributed by atoms with Crippen LogP contribution in [0.1, 0.15) is 39.5 Å². The molecule has 96 valence electrons. The fraction of sp³-hybridized carbons (Fsp3) is 0.733. The summed E-state index contributed by atoms with van der Waals surface area (Å²) >= 11 is 0. The van der Waals surface area contributed by atoms with E-state index in [1.165, 1.54) is 5.57 Å². The Morgan fingerprint density at radius 3 is 2.88 bits per heavy atom. The lowest BCUT2D eigenvalue weighted by atomic mass is 9.57. The summed E-state index contributed by atoms with van der Waals surface area (Å²) in [6.07, 6.45) is 6.98. The van der Waals surface area contributed by atoms with Crippen LogP contribution in [-0.2, 0) is 0 Å². The van der Waals surface area contributed by atoms with E-state index in [4.69, 9.17) is 0 Å². The Morgan fingerprint density at radius 1 is 1.53 bits per heavy atom. The molecule has 2 N–H and O–H groups in total. The van der Waals surface area contributed by atoms with Crippen molar-refractivity contribution in [2.75, 3.05) is 0 Å². The Kier molecular flexibility index (Phi) is 3.46. The van der Waals surface area contributed by atoms with Gasteiger partial charge in [0.2, 0.25) is 0 Å². The first-order chi connectivity index (χ1) is 7.99. The van der Waals surface area contributed by atoms with Gasteiger partial charge >= 0.3 is 0 Å². The van der Waals surface area contributed by atoms with Crippen LogP contribution in [0.25, 0.3) is 0 Å². The van der Waals surface area contributed by atoms with Crippen LogP contribution in [0.15, 0.2) is 24.3 Å². The van der Waals surface area contributed by atoms with Gasteiger partial charge in [0.25, 0.3) is 0 Å². The van der Waals surface area contributed by atoms with Crippen LogP contribution < -0.4 is 0 Å². The van der Waals surface area contributed by atoms with Crippen molar-refractivity contribution in [2.45, 2.75) is 51.7 Å². The highest BCUT2D eigenvalue weighted by atomic mass is 16.3. The maximum absolute atomic E-state index is 10.1. The monoisotopic (exact) mass is 236 g/mol. The van der Waals surface area contributed by atoms with E-state index in [2.05, 4.69) is 20.4 Å². The molecule has 0 radical (unpaired) electrons. The molecule has 2 heteroatoms. The van der Waals surface area contributed by atoms with E-state index >= 15 is 0 Å². The standard InChI is InChI=1S/C15H24O2/c1-4-5-11-9-15(3)10(2)13(16)7-6-12(15)8-14(11)17/h4,8,10-11,13-14,16-17H,1,5-7,9H2,2-3H3/t10-,11+,13+,14-,15+/m0/s1. The van der Waals surface area contributed by atoms with Crippen LogP contribution in [0.5, 0.6) is 0 Å². The highest BCUT2D eigenvalue weighted by molar-refractivity contribution is 5.24. The van der Waals surface area contributed by atoms with Crippen molar-refractivity contribution in [2.24, 2.45) is 17.3 Å². The second-order valence-electron chi connectivity index (χ2n) is 5.98. The predicted molar refractivity (Wildman–Crippen MR) is 69.5 cm³/mol. The van der Waals surface area contributed by atoms with Crippen LogP contribution in [-0.4, -0.2) is 22.4 Å². The van der Waals surface area contributed by atoms with Crippen LogP contribution in [0, 0.1) is 17.3 Å². The summed E-state index contributed by atoms with van der Waals surface area (Å²) in [5, 5.41) is 20.2. The maximum Gasteiger partial charge on any atom is 0.0755 e. The first kappa shape index (κ1) is 12.8.